The second kappa shape index (κ2) is 5.05. The lowest BCUT2D eigenvalue weighted by atomic mass is 10.1. The largest absolute Gasteiger partial charge is 0.398 e. The number of rotatable bonds is 3. The number of nitrogens with one attached hydrogen (secondary N) is 1. The van der Waals surface area contributed by atoms with Crippen LogP contribution >= 0.6 is 11.6 Å². The molecule has 1 aromatic carbocycles. The van der Waals surface area contributed by atoms with E-state index in [-0.39, 0.29) is 12.5 Å². The van der Waals surface area contributed by atoms with Crippen LogP contribution in [0.1, 0.15) is 16.2 Å². The van der Waals surface area contributed by atoms with E-state index in [0.29, 0.717) is 22.1 Å². The lowest BCUT2D eigenvalue weighted by Gasteiger charge is -2.06. The van der Waals surface area contributed by atoms with Gasteiger partial charge in [-0.1, -0.05) is 11.6 Å². The summed E-state index contributed by atoms with van der Waals surface area (Å²) < 4.78 is 1.57. The molecule has 0 saturated heterocycles. The second-order valence-corrected chi connectivity index (χ2v) is 4.19. The Hall–Kier alpha value is -2.08. The third-order valence-corrected chi connectivity index (χ3v) is 2.55. The molecule has 2 rings (SSSR count). The number of anilines is 1. The van der Waals surface area contributed by atoms with Gasteiger partial charge in [0.05, 0.1) is 12.1 Å². The van der Waals surface area contributed by atoms with Crippen molar-refractivity contribution in [2.75, 3.05) is 5.73 Å². The molecule has 0 aliphatic heterocycles. The SMILES string of the molecule is Cn1cnc(CNC(=O)c2ccc(Cl)cc2N)n1. The zero-order valence-electron chi connectivity index (χ0n) is 9.72. The fraction of sp³-hybridized carbons (Fsp3) is 0.182. The Morgan fingerprint density at radius 1 is 1.56 bits per heavy atom. The summed E-state index contributed by atoms with van der Waals surface area (Å²) in [7, 11) is 1.76. The first-order valence-electron chi connectivity index (χ1n) is 5.24. The molecular weight excluding hydrogens is 254 g/mol. The number of hydrogen-bond acceptors (Lipinski definition) is 4. The molecular formula is C11H12ClN5O. The number of benzene rings is 1. The number of nitrogens with two attached hydrogens (primary N) is 1. The van der Waals surface area contributed by atoms with Crippen molar-refractivity contribution in [3.63, 3.8) is 0 Å². The van der Waals surface area contributed by atoms with Crippen LogP contribution in [0.3, 0.4) is 0 Å². The molecule has 0 unspecified atom stereocenters. The Bertz CT molecular complexity index is 581. The zero-order chi connectivity index (χ0) is 13.1. The Balaban J connectivity index is 2.03. The molecule has 94 valence electrons. The maximum atomic E-state index is 11.9. The highest BCUT2D eigenvalue weighted by atomic mass is 35.5. The molecule has 0 fully saturated rings. The maximum Gasteiger partial charge on any atom is 0.253 e. The predicted octanol–water partition coefficient (Wildman–Crippen LogP) is 0.981. The van der Waals surface area contributed by atoms with Gasteiger partial charge in [0.2, 0.25) is 0 Å². The van der Waals surface area contributed by atoms with Gasteiger partial charge in [-0.15, -0.1) is 0 Å². The van der Waals surface area contributed by atoms with E-state index in [1.165, 1.54) is 6.07 Å². The van der Waals surface area contributed by atoms with Crippen molar-refractivity contribution in [1.82, 2.24) is 20.1 Å². The number of aryl methyl sites for hydroxylation is 1. The van der Waals surface area contributed by atoms with Gasteiger partial charge in [0, 0.05) is 17.8 Å². The zero-order valence-corrected chi connectivity index (χ0v) is 10.5. The lowest BCUT2D eigenvalue weighted by Crippen LogP contribution is -2.24. The monoisotopic (exact) mass is 265 g/mol. The molecule has 18 heavy (non-hydrogen) atoms. The highest BCUT2D eigenvalue weighted by Crippen LogP contribution is 2.17. The van der Waals surface area contributed by atoms with Gasteiger partial charge in [-0.2, -0.15) is 5.10 Å². The minimum absolute atomic E-state index is 0.252. The maximum absolute atomic E-state index is 11.9. The fourth-order valence-electron chi connectivity index (χ4n) is 1.46. The highest BCUT2D eigenvalue weighted by Gasteiger charge is 2.10. The smallest absolute Gasteiger partial charge is 0.253 e. The highest BCUT2D eigenvalue weighted by molar-refractivity contribution is 6.31. The van der Waals surface area contributed by atoms with Crippen LogP contribution in [0, 0.1) is 0 Å². The van der Waals surface area contributed by atoms with E-state index in [4.69, 9.17) is 17.3 Å². The van der Waals surface area contributed by atoms with Gasteiger partial charge in [0.25, 0.3) is 5.91 Å². The number of nitrogens with zero attached hydrogens (tertiary/aromatic N) is 3. The number of halogens is 1. The Labute approximate surface area is 109 Å². The molecule has 1 amide bonds. The molecule has 0 saturated carbocycles. The number of hydrogen-bond donors (Lipinski definition) is 2. The van der Waals surface area contributed by atoms with Crippen LogP contribution in [0.25, 0.3) is 0 Å². The summed E-state index contributed by atoms with van der Waals surface area (Å²) in [4.78, 5) is 15.9. The van der Waals surface area contributed by atoms with Crippen LogP contribution < -0.4 is 11.1 Å². The molecule has 6 nitrogen and oxygen atoms in total. The van der Waals surface area contributed by atoms with Crippen LogP contribution in [0.4, 0.5) is 5.69 Å². The molecule has 0 aliphatic carbocycles. The molecule has 0 spiro atoms. The van der Waals surface area contributed by atoms with E-state index in [1.54, 1.807) is 30.2 Å². The van der Waals surface area contributed by atoms with Gasteiger partial charge < -0.3 is 11.1 Å². The van der Waals surface area contributed by atoms with Crippen molar-refractivity contribution in [2.45, 2.75) is 6.54 Å². The summed E-state index contributed by atoms with van der Waals surface area (Å²) in [5.41, 5.74) is 6.44. The van der Waals surface area contributed by atoms with Gasteiger partial charge in [0.15, 0.2) is 5.82 Å². The summed E-state index contributed by atoms with van der Waals surface area (Å²) in [6, 6.07) is 4.74. The van der Waals surface area contributed by atoms with E-state index in [1.807, 2.05) is 0 Å². The van der Waals surface area contributed by atoms with E-state index >= 15 is 0 Å². The number of amides is 1. The van der Waals surface area contributed by atoms with Crippen molar-refractivity contribution in [3.05, 3.63) is 40.9 Å². The molecule has 0 atom stereocenters. The van der Waals surface area contributed by atoms with E-state index in [0.717, 1.165) is 0 Å². The lowest BCUT2D eigenvalue weighted by molar-refractivity contribution is 0.0951. The first-order chi connectivity index (χ1) is 8.56. The first kappa shape index (κ1) is 12.4. The summed E-state index contributed by atoms with van der Waals surface area (Å²) in [6.07, 6.45) is 1.57. The number of aromatic nitrogens is 3. The first-order valence-corrected chi connectivity index (χ1v) is 5.62. The van der Waals surface area contributed by atoms with Crippen LogP contribution in [-0.4, -0.2) is 20.7 Å². The molecule has 1 heterocycles. The van der Waals surface area contributed by atoms with Gasteiger partial charge in [-0.05, 0) is 18.2 Å². The summed E-state index contributed by atoms with van der Waals surface area (Å²) in [5.74, 6) is 0.259. The van der Waals surface area contributed by atoms with Gasteiger partial charge >= 0.3 is 0 Å². The van der Waals surface area contributed by atoms with E-state index in [2.05, 4.69) is 15.4 Å². The van der Waals surface area contributed by atoms with E-state index < -0.39 is 0 Å². The van der Waals surface area contributed by atoms with Crippen LogP contribution in [0.2, 0.25) is 5.02 Å². The van der Waals surface area contributed by atoms with Crippen molar-refractivity contribution in [3.8, 4) is 0 Å². The fourth-order valence-corrected chi connectivity index (χ4v) is 1.64. The number of carbonyl (C=O) groups excluding carboxylic acids is 1. The molecule has 7 heteroatoms. The topological polar surface area (TPSA) is 85.8 Å². The van der Waals surface area contributed by atoms with Crippen molar-refractivity contribution >= 4 is 23.2 Å². The Kier molecular flexibility index (Phi) is 3.47. The molecule has 0 bridgehead atoms. The Morgan fingerprint density at radius 2 is 2.33 bits per heavy atom. The number of nitrogen functional groups attached to an aromatic ring is 1. The molecule has 1 aromatic heterocycles. The van der Waals surface area contributed by atoms with Crippen LogP contribution in [0.15, 0.2) is 24.5 Å². The summed E-state index contributed by atoms with van der Waals surface area (Å²) in [5, 5.41) is 7.24. The molecule has 0 radical (unpaired) electrons. The third-order valence-electron chi connectivity index (χ3n) is 2.31. The van der Waals surface area contributed by atoms with Crippen LogP contribution in [0.5, 0.6) is 0 Å². The van der Waals surface area contributed by atoms with Gasteiger partial charge in [-0.3, -0.25) is 9.48 Å². The Morgan fingerprint density at radius 3 is 2.94 bits per heavy atom. The quantitative estimate of drug-likeness (QED) is 0.810. The minimum atomic E-state index is -0.281. The predicted molar refractivity (Wildman–Crippen MR) is 68.0 cm³/mol. The van der Waals surface area contributed by atoms with Gasteiger partial charge in [-0.25, -0.2) is 4.98 Å². The summed E-state index contributed by atoms with van der Waals surface area (Å²) >= 11 is 5.76. The molecule has 0 aliphatic rings. The van der Waals surface area contributed by atoms with Crippen LogP contribution in [-0.2, 0) is 13.6 Å². The second-order valence-electron chi connectivity index (χ2n) is 3.75. The van der Waals surface area contributed by atoms with Crippen molar-refractivity contribution in [2.24, 2.45) is 7.05 Å². The summed E-state index contributed by atoms with van der Waals surface area (Å²) in [6.45, 7) is 0.252. The average Bonchev–Trinajstić information content (AvgIpc) is 2.72. The third kappa shape index (κ3) is 2.78. The average molecular weight is 266 g/mol. The molecule has 2 aromatic rings. The molecule has 3 N–H and O–H groups in total. The number of carbonyl (C=O) groups is 1. The van der Waals surface area contributed by atoms with Crippen molar-refractivity contribution < 1.29 is 4.79 Å². The van der Waals surface area contributed by atoms with Crippen molar-refractivity contribution in [1.29, 1.82) is 0 Å². The van der Waals surface area contributed by atoms with Gasteiger partial charge in [0.1, 0.15) is 6.33 Å². The minimum Gasteiger partial charge on any atom is -0.398 e. The normalized spacial score (nSPS) is 10.3. The van der Waals surface area contributed by atoms with E-state index in [9.17, 15) is 4.79 Å². The standard InChI is InChI=1S/C11H12ClN5O/c1-17-6-15-10(16-17)5-14-11(18)8-3-2-7(12)4-9(8)13/h2-4,6H,5,13H2,1H3,(H,14,18).